The van der Waals surface area contributed by atoms with Crippen molar-refractivity contribution >= 4 is 68.7 Å². The van der Waals surface area contributed by atoms with E-state index in [4.69, 9.17) is 0 Å². The molecule has 0 radical (unpaired) electrons. The van der Waals surface area contributed by atoms with Crippen LogP contribution >= 0.6 is 21.6 Å². The number of hydrogen-bond acceptors (Lipinski definition) is 14. The summed E-state index contributed by atoms with van der Waals surface area (Å²) < 4.78 is 0. The Labute approximate surface area is 243 Å². The van der Waals surface area contributed by atoms with Gasteiger partial charge in [-0.1, -0.05) is 45.9 Å². The van der Waals surface area contributed by atoms with Crippen LogP contribution in [0.4, 0.5) is 47.1 Å². The normalized spacial score (nSPS) is 10.7. The molecule has 0 fully saturated rings. The number of benzene rings is 2. The average Bonchev–Trinajstić information content (AvgIpc) is 2.92. The second kappa shape index (κ2) is 12.9. The van der Waals surface area contributed by atoms with Gasteiger partial charge in [0.05, 0.1) is 11.4 Å². The Balaban J connectivity index is 1.56. The molecule has 0 atom stereocenters. The van der Waals surface area contributed by atoms with Gasteiger partial charge in [0.25, 0.3) is 0 Å². The number of rotatable bonds is 11. The van der Waals surface area contributed by atoms with Crippen molar-refractivity contribution in [2.24, 2.45) is 0 Å². The van der Waals surface area contributed by atoms with Gasteiger partial charge in [0, 0.05) is 66.2 Å². The maximum Gasteiger partial charge on any atom is 0.233 e. The van der Waals surface area contributed by atoms with Crippen LogP contribution in [0.5, 0.6) is 0 Å². The van der Waals surface area contributed by atoms with Crippen molar-refractivity contribution in [3.8, 4) is 0 Å². The van der Waals surface area contributed by atoms with E-state index in [1.165, 1.54) is 0 Å². The largest absolute Gasteiger partial charge is 0.347 e. The van der Waals surface area contributed by atoms with Crippen LogP contribution in [-0.4, -0.2) is 86.3 Å². The second-order valence-corrected chi connectivity index (χ2v) is 11.7. The molecule has 40 heavy (non-hydrogen) atoms. The van der Waals surface area contributed by atoms with Gasteiger partial charge < -0.3 is 30.2 Å². The average molecular weight is 579 g/mol. The fourth-order valence-electron chi connectivity index (χ4n) is 3.24. The predicted molar refractivity (Wildman–Crippen MR) is 168 cm³/mol. The minimum absolute atomic E-state index is 0.478. The minimum Gasteiger partial charge on any atom is -0.347 e. The van der Waals surface area contributed by atoms with E-state index in [2.05, 4.69) is 52.7 Å². The summed E-state index contributed by atoms with van der Waals surface area (Å²) in [5.41, 5.74) is 1.80. The van der Waals surface area contributed by atoms with Crippen molar-refractivity contribution in [3.05, 3.63) is 48.5 Å². The molecule has 0 amide bonds. The Morgan fingerprint density at radius 1 is 0.450 bits per heavy atom. The van der Waals surface area contributed by atoms with Crippen LogP contribution in [0.1, 0.15) is 0 Å². The molecule has 4 aromatic rings. The fourth-order valence-corrected chi connectivity index (χ4v) is 5.51. The summed E-state index contributed by atoms with van der Waals surface area (Å²) >= 11 is 0. The number of hydrogen-bond donors (Lipinski definition) is 2. The van der Waals surface area contributed by atoms with Crippen molar-refractivity contribution in [1.82, 2.24) is 29.9 Å². The molecule has 2 N–H and O–H groups in total. The summed E-state index contributed by atoms with van der Waals surface area (Å²) in [6.45, 7) is 0. The van der Waals surface area contributed by atoms with E-state index in [0.717, 1.165) is 21.2 Å². The van der Waals surface area contributed by atoms with E-state index in [9.17, 15) is 0 Å². The zero-order valence-electron chi connectivity index (χ0n) is 23.9. The van der Waals surface area contributed by atoms with Crippen molar-refractivity contribution in [1.29, 1.82) is 0 Å². The van der Waals surface area contributed by atoms with Gasteiger partial charge in [-0.15, -0.1) is 0 Å². The lowest BCUT2D eigenvalue weighted by Crippen LogP contribution is -2.19. The third-order valence-electron chi connectivity index (χ3n) is 5.31. The summed E-state index contributed by atoms with van der Waals surface area (Å²) in [5.74, 6) is 3.27. The standard InChI is InChI=1S/C26H34N12S2/c1-35(2)23-29-21(30-24(33-23)36(3)4)27-17-13-9-11-15-19(17)39-40-20-16-12-10-14-18(20)28-22-31-25(37(5)6)34-26(32-22)38(7)8/h9-16H,1-8H3,(H,27,29,30,33)(H,28,31,32,34). The summed E-state index contributed by atoms with van der Waals surface area (Å²) in [7, 11) is 18.5. The van der Waals surface area contributed by atoms with Gasteiger partial charge in [0.2, 0.25) is 35.7 Å². The predicted octanol–water partition coefficient (Wildman–Crippen LogP) is 4.61. The van der Waals surface area contributed by atoms with E-state index < -0.39 is 0 Å². The van der Waals surface area contributed by atoms with E-state index >= 15 is 0 Å². The van der Waals surface area contributed by atoms with Gasteiger partial charge in [0.15, 0.2) is 0 Å². The molecule has 0 aliphatic rings. The van der Waals surface area contributed by atoms with E-state index in [1.54, 1.807) is 21.6 Å². The maximum absolute atomic E-state index is 4.58. The molecule has 2 aromatic carbocycles. The third-order valence-corrected chi connectivity index (χ3v) is 7.79. The zero-order valence-corrected chi connectivity index (χ0v) is 25.5. The fraction of sp³-hybridized carbons (Fsp3) is 0.308. The molecule has 0 unspecified atom stereocenters. The van der Waals surface area contributed by atoms with Gasteiger partial charge in [-0.25, -0.2) is 0 Å². The SMILES string of the molecule is CN(C)c1nc(Nc2ccccc2SSc2ccccc2Nc2nc(N(C)C)nc(N(C)C)n2)nc(N(C)C)n1. The molecule has 0 saturated carbocycles. The smallest absolute Gasteiger partial charge is 0.233 e. The topological polar surface area (TPSA) is 114 Å². The third kappa shape index (κ3) is 7.33. The summed E-state index contributed by atoms with van der Waals surface area (Å²) in [6, 6.07) is 16.1. The Bertz CT molecular complexity index is 1280. The molecule has 2 heterocycles. The second-order valence-electron chi connectivity index (χ2n) is 9.50. The van der Waals surface area contributed by atoms with Crippen LogP contribution in [0.25, 0.3) is 0 Å². The summed E-state index contributed by atoms with van der Waals surface area (Å²) in [6.07, 6.45) is 0. The van der Waals surface area contributed by atoms with Crippen molar-refractivity contribution in [3.63, 3.8) is 0 Å². The highest BCUT2D eigenvalue weighted by Gasteiger charge is 2.14. The molecule has 14 heteroatoms. The van der Waals surface area contributed by atoms with Crippen molar-refractivity contribution < 1.29 is 0 Å². The molecule has 0 bridgehead atoms. The molecule has 2 aromatic heterocycles. The van der Waals surface area contributed by atoms with E-state index in [1.807, 2.05) is 112 Å². The van der Waals surface area contributed by atoms with Gasteiger partial charge in [-0.2, -0.15) is 29.9 Å². The van der Waals surface area contributed by atoms with Gasteiger partial charge >= 0.3 is 0 Å². The minimum atomic E-state index is 0.478. The number of para-hydroxylation sites is 2. The highest BCUT2D eigenvalue weighted by Crippen LogP contribution is 2.44. The molecule has 12 nitrogen and oxygen atoms in total. The molecular formula is C26H34N12S2. The number of nitrogens with one attached hydrogen (secondary N) is 2. The van der Waals surface area contributed by atoms with Crippen LogP contribution in [0.2, 0.25) is 0 Å². The Hall–Kier alpha value is -4.04. The number of nitrogens with zero attached hydrogens (tertiary/aromatic N) is 10. The van der Waals surface area contributed by atoms with Crippen LogP contribution < -0.4 is 30.2 Å². The first-order valence-corrected chi connectivity index (χ1v) is 14.5. The van der Waals surface area contributed by atoms with Crippen LogP contribution in [0, 0.1) is 0 Å². The maximum atomic E-state index is 4.58. The first-order valence-electron chi connectivity index (χ1n) is 12.4. The molecular weight excluding hydrogens is 545 g/mol. The summed E-state index contributed by atoms with van der Waals surface area (Å²) in [4.78, 5) is 36.8. The lowest BCUT2D eigenvalue weighted by atomic mass is 10.3. The molecule has 4 rings (SSSR count). The van der Waals surface area contributed by atoms with E-state index in [0.29, 0.717) is 35.7 Å². The van der Waals surface area contributed by atoms with E-state index in [-0.39, 0.29) is 0 Å². The van der Waals surface area contributed by atoms with Crippen molar-refractivity contribution in [2.45, 2.75) is 9.79 Å². The van der Waals surface area contributed by atoms with Crippen molar-refractivity contribution in [2.75, 3.05) is 86.6 Å². The number of aromatic nitrogens is 6. The summed E-state index contributed by atoms with van der Waals surface area (Å²) in [5, 5.41) is 6.77. The molecule has 0 saturated heterocycles. The monoisotopic (exact) mass is 578 g/mol. The van der Waals surface area contributed by atoms with Crippen LogP contribution in [-0.2, 0) is 0 Å². The Morgan fingerprint density at radius 2 is 0.750 bits per heavy atom. The number of anilines is 8. The Morgan fingerprint density at radius 3 is 1.05 bits per heavy atom. The lowest BCUT2D eigenvalue weighted by molar-refractivity contribution is 0.919. The Kier molecular flexibility index (Phi) is 9.32. The van der Waals surface area contributed by atoms with Gasteiger partial charge in [-0.05, 0) is 24.3 Å². The molecule has 0 aliphatic heterocycles. The molecule has 210 valence electrons. The van der Waals surface area contributed by atoms with Gasteiger partial charge in [0.1, 0.15) is 0 Å². The molecule has 0 spiro atoms. The van der Waals surface area contributed by atoms with Crippen LogP contribution in [0.15, 0.2) is 58.3 Å². The van der Waals surface area contributed by atoms with Gasteiger partial charge in [-0.3, -0.25) is 0 Å². The quantitative estimate of drug-likeness (QED) is 0.241. The zero-order chi connectivity index (χ0) is 28.8. The first kappa shape index (κ1) is 29.0. The molecule has 0 aliphatic carbocycles. The lowest BCUT2D eigenvalue weighted by Gasteiger charge is -2.18. The highest BCUT2D eigenvalue weighted by atomic mass is 33.1. The first-order chi connectivity index (χ1) is 19.1. The van der Waals surface area contributed by atoms with Crippen LogP contribution in [0.3, 0.4) is 0 Å². The highest BCUT2D eigenvalue weighted by molar-refractivity contribution is 8.76.